The van der Waals surface area contributed by atoms with Gasteiger partial charge in [0.2, 0.25) is 0 Å². The molecule has 9 nitrogen and oxygen atoms in total. The van der Waals surface area contributed by atoms with E-state index in [4.69, 9.17) is 4.74 Å². The van der Waals surface area contributed by atoms with Crippen molar-refractivity contribution < 1.29 is 19.2 Å². The molecule has 28 heavy (non-hydrogen) atoms. The van der Waals surface area contributed by atoms with Gasteiger partial charge in [0.25, 0.3) is 11.6 Å². The lowest BCUT2D eigenvalue weighted by atomic mass is 10.2. The number of aromatic nitrogens is 2. The SMILES string of the molecule is Cc1nc2ccc(C(=O)OCC(=O)Nc3ccccc3[N+](=O)[O-])cc2nc1C. The molecule has 0 radical (unpaired) electrons. The molecule has 1 amide bonds. The van der Waals surface area contributed by atoms with Crippen molar-refractivity contribution in [2.45, 2.75) is 13.8 Å². The number of nitro groups is 1. The van der Waals surface area contributed by atoms with E-state index >= 15 is 0 Å². The minimum Gasteiger partial charge on any atom is -0.452 e. The number of para-hydroxylation sites is 2. The van der Waals surface area contributed by atoms with E-state index in [1.165, 1.54) is 30.3 Å². The molecule has 3 aromatic rings. The number of amides is 1. The van der Waals surface area contributed by atoms with E-state index in [9.17, 15) is 19.7 Å². The molecule has 9 heteroatoms. The minimum atomic E-state index is -0.709. The number of esters is 1. The zero-order valence-corrected chi connectivity index (χ0v) is 15.1. The summed E-state index contributed by atoms with van der Waals surface area (Å²) in [5, 5.41) is 13.3. The molecule has 0 fully saturated rings. The lowest BCUT2D eigenvalue weighted by molar-refractivity contribution is -0.383. The third-order valence-electron chi connectivity index (χ3n) is 4.02. The maximum atomic E-state index is 12.2. The summed E-state index contributed by atoms with van der Waals surface area (Å²) < 4.78 is 5.00. The summed E-state index contributed by atoms with van der Waals surface area (Å²) in [6, 6.07) is 10.4. The number of carbonyl (C=O) groups is 2. The Hall–Kier alpha value is -3.88. The Morgan fingerprint density at radius 3 is 2.46 bits per heavy atom. The van der Waals surface area contributed by atoms with Crippen molar-refractivity contribution in [1.82, 2.24) is 9.97 Å². The zero-order chi connectivity index (χ0) is 20.3. The van der Waals surface area contributed by atoms with Crippen LogP contribution in [0.25, 0.3) is 11.0 Å². The van der Waals surface area contributed by atoms with Gasteiger partial charge < -0.3 is 10.1 Å². The average molecular weight is 380 g/mol. The molecule has 0 aliphatic rings. The van der Waals surface area contributed by atoms with Gasteiger partial charge in [0, 0.05) is 6.07 Å². The van der Waals surface area contributed by atoms with Crippen LogP contribution in [0.15, 0.2) is 42.5 Å². The summed E-state index contributed by atoms with van der Waals surface area (Å²) in [6.07, 6.45) is 0. The molecular weight excluding hydrogens is 364 g/mol. The van der Waals surface area contributed by atoms with Crippen molar-refractivity contribution in [3.05, 3.63) is 69.5 Å². The van der Waals surface area contributed by atoms with Gasteiger partial charge in [-0.25, -0.2) is 14.8 Å². The lowest BCUT2D eigenvalue weighted by Gasteiger charge is -2.08. The summed E-state index contributed by atoms with van der Waals surface area (Å²) in [6.45, 7) is 3.08. The Morgan fingerprint density at radius 1 is 1.07 bits per heavy atom. The fourth-order valence-electron chi connectivity index (χ4n) is 2.50. The van der Waals surface area contributed by atoms with Crippen LogP contribution in [0.3, 0.4) is 0 Å². The molecule has 0 saturated carbocycles. The van der Waals surface area contributed by atoms with Crippen LogP contribution in [-0.4, -0.2) is 33.4 Å². The zero-order valence-electron chi connectivity index (χ0n) is 15.1. The van der Waals surface area contributed by atoms with E-state index in [-0.39, 0.29) is 16.9 Å². The minimum absolute atomic E-state index is 0.0281. The molecule has 1 aromatic heterocycles. The molecule has 0 atom stereocenters. The molecule has 1 heterocycles. The Bertz CT molecular complexity index is 1100. The van der Waals surface area contributed by atoms with E-state index < -0.39 is 23.4 Å². The molecule has 0 unspecified atom stereocenters. The Morgan fingerprint density at radius 2 is 1.75 bits per heavy atom. The molecule has 2 aromatic carbocycles. The summed E-state index contributed by atoms with van der Waals surface area (Å²) in [5.74, 6) is -1.39. The number of rotatable bonds is 5. The van der Waals surface area contributed by atoms with Crippen molar-refractivity contribution in [2.75, 3.05) is 11.9 Å². The molecule has 0 aliphatic heterocycles. The van der Waals surface area contributed by atoms with Crippen molar-refractivity contribution in [1.29, 1.82) is 0 Å². The molecule has 0 saturated heterocycles. The van der Waals surface area contributed by atoms with E-state index in [2.05, 4.69) is 15.3 Å². The van der Waals surface area contributed by atoms with Gasteiger partial charge in [-0.05, 0) is 38.1 Å². The maximum Gasteiger partial charge on any atom is 0.338 e. The second kappa shape index (κ2) is 7.78. The standard InChI is InChI=1S/C19H16N4O5/c1-11-12(2)21-16-9-13(7-8-14(16)20-11)19(25)28-10-18(24)22-15-5-3-4-6-17(15)23(26)27/h3-9H,10H2,1-2H3,(H,22,24). The van der Waals surface area contributed by atoms with Crippen LogP contribution < -0.4 is 5.32 Å². The molecule has 0 aliphatic carbocycles. The van der Waals surface area contributed by atoms with Crippen LogP contribution in [0, 0.1) is 24.0 Å². The van der Waals surface area contributed by atoms with Gasteiger partial charge in [-0.3, -0.25) is 14.9 Å². The second-order valence-corrected chi connectivity index (χ2v) is 6.00. The summed E-state index contributed by atoms with van der Waals surface area (Å²) >= 11 is 0. The second-order valence-electron chi connectivity index (χ2n) is 6.00. The first kappa shape index (κ1) is 18.9. The predicted molar refractivity (Wildman–Crippen MR) is 101 cm³/mol. The monoisotopic (exact) mass is 380 g/mol. The van der Waals surface area contributed by atoms with E-state index in [1.54, 1.807) is 12.1 Å². The number of nitro benzene ring substituents is 1. The van der Waals surface area contributed by atoms with Crippen LogP contribution >= 0.6 is 0 Å². The molecule has 1 N–H and O–H groups in total. The van der Waals surface area contributed by atoms with E-state index in [1.807, 2.05) is 13.8 Å². The van der Waals surface area contributed by atoms with Crippen molar-refractivity contribution in [3.8, 4) is 0 Å². The highest BCUT2D eigenvalue weighted by Gasteiger charge is 2.16. The van der Waals surface area contributed by atoms with Gasteiger partial charge in [-0.2, -0.15) is 0 Å². The average Bonchev–Trinajstić information content (AvgIpc) is 2.67. The lowest BCUT2D eigenvalue weighted by Crippen LogP contribution is -2.21. The van der Waals surface area contributed by atoms with Crippen molar-refractivity contribution >= 4 is 34.3 Å². The molecular formula is C19H16N4O5. The van der Waals surface area contributed by atoms with Crippen molar-refractivity contribution in [3.63, 3.8) is 0 Å². The van der Waals surface area contributed by atoms with E-state index in [0.717, 1.165) is 11.4 Å². The van der Waals surface area contributed by atoms with Crippen LogP contribution in [0.5, 0.6) is 0 Å². The Labute approximate surface area is 159 Å². The van der Waals surface area contributed by atoms with Crippen LogP contribution in [-0.2, 0) is 9.53 Å². The molecule has 142 valence electrons. The normalized spacial score (nSPS) is 10.5. The fourth-order valence-corrected chi connectivity index (χ4v) is 2.50. The first-order valence-electron chi connectivity index (χ1n) is 8.30. The first-order chi connectivity index (χ1) is 13.3. The maximum absolute atomic E-state index is 12.2. The third kappa shape index (κ3) is 4.09. The Kier molecular flexibility index (Phi) is 5.25. The summed E-state index contributed by atoms with van der Waals surface area (Å²) in [7, 11) is 0. The van der Waals surface area contributed by atoms with Gasteiger partial charge >= 0.3 is 5.97 Å². The number of hydrogen-bond acceptors (Lipinski definition) is 7. The number of nitrogens with zero attached hydrogens (tertiary/aromatic N) is 3. The predicted octanol–water partition coefficient (Wildman–Crippen LogP) is 2.95. The largest absolute Gasteiger partial charge is 0.452 e. The van der Waals surface area contributed by atoms with Crippen LogP contribution in [0.4, 0.5) is 11.4 Å². The van der Waals surface area contributed by atoms with Gasteiger partial charge in [-0.15, -0.1) is 0 Å². The van der Waals surface area contributed by atoms with Gasteiger partial charge in [0.15, 0.2) is 6.61 Å². The van der Waals surface area contributed by atoms with Gasteiger partial charge in [0.1, 0.15) is 5.69 Å². The first-order valence-corrected chi connectivity index (χ1v) is 8.30. The fraction of sp³-hybridized carbons (Fsp3) is 0.158. The topological polar surface area (TPSA) is 124 Å². The number of ether oxygens (including phenoxy) is 1. The smallest absolute Gasteiger partial charge is 0.338 e. The highest BCUT2D eigenvalue weighted by atomic mass is 16.6. The Balaban J connectivity index is 1.67. The number of anilines is 1. The number of aryl methyl sites for hydroxylation is 2. The number of nitrogens with one attached hydrogen (secondary N) is 1. The number of benzene rings is 2. The quantitative estimate of drug-likeness (QED) is 0.410. The summed E-state index contributed by atoms with van der Waals surface area (Å²) in [4.78, 5) is 43.3. The highest BCUT2D eigenvalue weighted by Crippen LogP contribution is 2.23. The number of carbonyl (C=O) groups excluding carboxylic acids is 2. The number of hydrogen-bond donors (Lipinski definition) is 1. The molecule has 0 spiro atoms. The molecule has 3 rings (SSSR count). The third-order valence-corrected chi connectivity index (χ3v) is 4.02. The van der Waals surface area contributed by atoms with Gasteiger partial charge in [-0.1, -0.05) is 12.1 Å². The van der Waals surface area contributed by atoms with Crippen LogP contribution in [0.1, 0.15) is 21.7 Å². The van der Waals surface area contributed by atoms with Crippen LogP contribution in [0.2, 0.25) is 0 Å². The van der Waals surface area contributed by atoms with Gasteiger partial charge in [0.05, 0.1) is 32.9 Å². The summed E-state index contributed by atoms with van der Waals surface area (Å²) in [5.41, 5.74) is 2.75. The van der Waals surface area contributed by atoms with Crippen molar-refractivity contribution in [2.24, 2.45) is 0 Å². The molecule has 0 bridgehead atoms. The highest BCUT2D eigenvalue weighted by molar-refractivity contribution is 5.98. The van der Waals surface area contributed by atoms with E-state index in [0.29, 0.717) is 11.0 Å². The number of fused-ring (bicyclic) bond motifs is 1.